The molecule has 0 atom stereocenters. The number of urea groups is 1. The molecule has 4 fully saturated rings. The molecule has 0 aliphatic heterocycles. The fourth-order valence-corrected chi connectivity index (χ4v) is 5.36. The van der Waals surface area contributed by atoms with Gasteiger partial charge in [0.25, 0.3) is 0 Å². The third kappa shape index (κ3) is 3.48. The lowest BCUT2D eigenvalue weighted by Gasteiger charge is -2.54. The van der Waals surface area contributed by atoms with E-state index in [9.17, 15) is 18.0 Å². The zero-order chi connectivity index (χ0) is 17.6. The highest BCUT2D eigenvalue weighted by molar-refractivity contribution is 5.74. The molecule has 0 saturated heterocycles. The normalized spacial score (nSPS) is 33.3. The lowest BCUT2D eigenvalue weighted by molar-refractivity contribution is -0.137. The molecule has 1 aromatic rings. The minimum atomic E-state index is -4.33. The van der Waals surface area contributed by atoms with Gasteiger partial charge < -0.3 is 10.6 Å². The van der Waals surface area contributed by atoms with E-state index in [-0.39, 0.29) is 18.6 Å². The average molecular weight is 352 g/mol. The second-order valence-electron chi connectivity index (χ2n) is 7.98. The molecule has 4 bridgehead atoms. The van der Waals surface area contributed by atoms with E-state index < -0.39 is 11.7 Å². The number of benzene rings is 1. The Balaban J connectivity index is 1.30. The molecule has 2 N–H and O–H groups in total. The fraction of sp³-hybridized carbons (Fsp3) is 0.632. The quantitative estimate of drug-likeness (QED) is 0.835. The monoisotopic (exact) mass is 352 g/mol. The molecule has 6 heteroatoms. The van der Waals surface area contributed by atoms with Gasteiger partial charge in [-0.1, -0.05) is 12.1 Å². The minimum Gasteiger partial charge on any atom is -0.335 e. The van der Waals surface area contributed by atoms with Crippen LogP contribution in [0.4, 0.5) is 18.0 Å². The van der Waals surface area contributed by atoms with Crippen molar-refractivity contribution in [2.75, 3.05) is 0 Å². The summed E-state index contributed by atoms with van der Waals surface area (Å²) >= 11 is 0. The second-order valence-corrected chi connectivity index (χ2v) is 7.98. The van der Waals surface area contributed by atoms with Crippen molar-refractivity contribution in [1.82, 2.24) is 10.6 Å². The van der Waals surface area contributed by atoms with Gasteiger partial charge in [-0.15, -0.1) is 0 Å². The van der Waals surface area contributed by atoms with Crippen molar-refractivity contribution < 1.29 is 18.0 Å². The summed E-state index contributed by atoms with van der Waals surface area (Å²) in [5.41, 5.74) is -0.0115. The molecule has 4 aliphatic rings. The molecule has 25 heavy (non-hydrogen) atoms. The fourth-order valence-electron chi connectivity index (χ4n) is 5.36. The SMILES string of the molecule is O=C(NCc1ccc(C(F)(F)F)cc1)NC1C2CC3CC(C2)CC1C3. The van der Waals surface area contributed by atoms with E-state index in [2.05, 4.69) is 10.6 Å². The summed E-state index contributed by atoms with van der Waals surface area (Å²) < 4.78 is 37.7. The van der Waals surface area contributed by atoms with Crippen LogP contribution in [0, 0.1) is 23.7 Å². The van der Waals surface area contributed by atoms with Gasteiger partial charge in [0.15, 0.2) is 0 Å². The summed E-state index contributed by atoms with van der Waals surface area (Å²) in [5.74, 6) is 2.92. The van der Waals surface area contributed by atoms with E-state index in [1.807, 2.05) is 0 Å². The van der Waals surface area contributed by atoms with Crippen LogP contribution in [0.3, 0.4) is 0 Å². The van der Waals surface area contributed by atoms with Crippen LogP contribution in [0.1, 0.15) is 43.2 Å². The van der Waals surface area contributed by atoms with Crippen LogP contribution in [0.25, 0.3) is 0 Å². The van der Waals surface area contributed by atoms with E-state index in [0.29, 0.717) is 17.4 Å². The molecular weight excluding hydrogens is 329 g/mol. The molecule has 3 nitrogen and oxygen atoms in total. The highest BCUT2D eigenvalue weighted by Gasteiger charge is 2.48. The first kappa shape index (κ1) is 16.7. The van der Waals surface area contributed by atoms with Crippen LogP contribution in [0.15, 0.2) is 24.3 Å². The van der Waals surface area contributed by atoms with E-state index in [1.165, 1.54) is 44.2 Å². The molecule has 0 spiro atoms. The molecule has 0 heterocycles. The van der Waals surface area contributed by atoms with E-state index in [0.717, 1.165) is 24.0 Å². The summed E-state index contributed by atoms with van der Waals surface area (Å²) in [6.45, 7) is 0.233. The van der Waals surface area contributed by atoms with Gasteiger partial charge in [-0.2, -0.15) is 13.2 Å². The van der Waals surface area contributed by atoms with Crippen LogP contribution >= 0.6 is 0 Å². The van der Waals surface area contributed by atoms with E-state index in [1.54, 1.807) is 0 Å². The highest BCUT2D eigenvalue weighted by atomic mass is 19.4. The number of halogens is 3. The number of amides is 2. The number of carbonyl (C=O) groups is 1. The van der Waals surface area contributed by atoms with E-state index in [4.69, 9.17) is 0 Å². The maximum absolute atomic E-state index is 12.6. The first-order chi connectivity index (χ1) is 11.9. The van der Waals surface area contributed by atoms with Gasteiger partial charge in [0, 0.05) is 12.6 Å². The summed E-state index contributed by atoms with van der Waals surface area (Å²) in [6, 6.07) is 4.97. The van der Waals surface area contributed by atoms with Crippen LogP contribution in [0.2, 0.25) is 0 Å². The van der Waals surface area contributed by atoms with Crippen molar-refractivity contribution in [2.24, 2.45) is 23.7 Å². The lowest BCUT2D eigenvalue weighted by atomic mass is 9.54. The van der Waals surface area contributed by atoms with Crippen molar-refractivity contribution in [3.8, 4) is 0 Å². The third-order valence-corrected chi connectivity index (χ3v) is 6.26. The predicted molar refractivity (Wildman–Crippen MR) is 87.6 cm³/mol. The van der Waals surface area contributed by atoms with E-state index >= 15 is 0 Å². The highest BCUT2D eigenvalue weighted by Crippen LogP contribution is 2.53. The van der Waals surface area contributed by atoms with Crippen LogP contribution < -0.4 is 10.6 Å². The molecule has 4 saturated carbocycles. The minimum absolute atomic E-state index is 0.211. The third-order valence-electron chi connectivity index (χ3n) is 6.26. The Bertz CT molecular complexity index is 613. The van der Waals surface area contributed by atoms with Gasteiger partial charge in [-0.05, 0) is 73.5 Å². The van der Waals surface area contributed by atoms with Crippen LogP contribution in [-0.4, -0.2) is 12.1 Å². The average Bonchev–Trinajstić information content (AvgIpc) is 2.55. The topological polar surface area (TPSA) is 41.1 Å². The predicted octanol–water partition coefficient (Wildman–Crippen LogP) is 4.33. The standard InChI is InChI=1S/C19H23F3N2O/c20-19(21,22)16-3-1-11(2-4-16)10-23-18(25)24-17-14-6-12-5-13(8-14)9-15(17)7-12/h1-4,12-15,17H,5-10H2,(H2,23,24,25). The smallest absolute Gasteiger partial charge is 0.335 e. The Morgan fingerprint density at radius 3 is 2.04 bits per heavy atom. The van der Waals surface area contributed by atoms with Crippen molar-refractivity contribution in [1.29, 1.82) is 0 Å². The van der Waals surface area contributed by atoms with Crippen LogP contribution in [-0.2, 0) is 12.7 Å². The Labute approximate surface area is 145 Å². The zero-order valence-electron chi connectivity index (χ0n) is 14.0. The lowest BCUT2D eigenvalue weighted by Crippen LogP contribution is -2.57. The van der Waals surface area contributed by atoms with Crippen molar-refractivity contribution in [2.45, 2.75) is 50.9 Å². The molecule has 2 amide bonds. The van der Waals surface area contributed by atoms with Crippen LogP contribution in [0.5, 0.6) is 0 Å². The molecule has 1 aromatic carbocycles. The Morgan fingerprint density at radius 1 is 0.960 bits per heavy atom. The van der Waals surface area contributed by atoms with Gasteiger partial charge in [0.05, 0.1) is 5.56 Å². The van der Waals surface area contributed by atoms with Gasteiger partial charge in [0.1, 0.15) is 0 Å². The largest absolute Gasteiger partial charge is 0.416 e. The molecule has 136 valence electrons. The molecule has 0 radical (unpaired) electrons. The second kappa shape index (κ2) is 6.22. The summed E-state index contributed by atoms with van der Waals surface area (Å²) in [7, 11) is 0. The van der Waals surface area contributed by atoms with Gasteiger partial charge in [0.2, 0.25) is 0 Å². The summed E-state index contributed by atoms with van der Waals surface area (Å²) in [4.78, 5) is 12.2. The first-order valence-electron chi connectivity index (χ1n) is 9.09. The first-order valence-corrected chi connectivity index (χ1v) is 9.09. The van der Waals surface area contributed by atoms with Crippen molar-refractivity contribution in [3.05, 3.63) is 35.4 Å². The Hall–Kier alpha value is -1.72. The van der Waals surface area contributed by atoms with Crippen molar-refractivity contribution in [3.63, 3.8) is 0 Å². The van der Waals surface area contributed by atoms with Gasteiger partial charge in [-0.3, -0.25) is 0 Å². The summed E-state index contributed by atoms with van der Waals surface area (Å²) in [6.07, 6.45) is 1.98. The molecular formula is C19H23F3N2O. The summed E-state index contributed by atoms with van der Waals surface area (Å²) in [5, 5.41) is 5.92. The van der Waals surface area contributed by atoms with Gasteiger partial charge in [-0.25, -0.2) is 4.79 Å². The molecule has 4 aliphatic carbocycles. The number of alkyl halides is 3. The maximum Gasteiger partial charge on any atom is 0.416 e. The Kier molecular flexibility index (Phi) is 4.16. The Morgan fingerprint density at radius 2 is 1.52 bits per heavy atom. The number of carbonyl (C=O) groups excluding carboxylic acids is 1. The molecule has 0 unspecified atom stereocenters. The number of rotatable bonds is 3. The van der Waals surface area contributed by atoms with Crippen molar-refractivity contribution >= 4 is 6.03 Å². The zero-order valence-corrected chi connectivity index (χ0v) is 14.0. The molecule has 0 aromatic heterocycles. The van der Waals surface area contributed by atoms with Gasteiger partial charge >= 0.3 is 12.2 Å². The number of nitrogens with one attached hydrogen (secondary N) is 2. The maximum atomic E-state index is 12.6. The molecule has 5 rings (SSSR count). The number of hydrogen-bond acceptors (Lipinski definition) is 1. The number of hydrogen-bond donors (Lipinski definition) is 2.